The third-order valence-corrected chi connectivity index (χ3v) is 11.1. The molecule has 3 rings (SSSR count). The Labute approximate surface area is 319 Å². The van der Waals surface area contributed by atoms with Gasteiger partial charge >= 0.3 is 5.97 Å². The first-order valence-corrected chi connectivity index (χ1v) is 19.0. The molecule has 0 amide bonds. The number of aliphatic hydroxyl groups excluding tert-OH is 4. The molecule has 0 bridgehead atoms. The average molecular weight is 772 g/mol. The number of ketones is 1. The molecule has 17 atom stereocenters. The lowest BCUT2D eigenvalue weighted by Crippen LogP contribution is -2.63. The van der Waals surface area contributed by atoms with Gasteiger partial charge in [0, 0.05) is 32.5 Å². The molecule has 0 aliphatic carbocycles. The first-order valence-electron chi connectivity index (χ1n) is 19.0. The Morgan fingerprint density at radius 2 is 1.54 bits per heavy atom. The van der Waals surface area contributed by atoms with E-state index in [4.69, 9.17) is 33.2 Å². The minimum atomic E-state index is -1.32. The Bertz CT molecular complexity index is 1260. The van der Waals surface area contributed by atoms with Gasteiger partial charge in [-0.15, -0.1) is 0 Å². The van der Waals surface area contributed by atoms with Gasteiger partial charge in [0.15, 0.2) is 12.1 Å². The van der Waals surface area contributed by atoms with E-state index in [1.54, 1.807) is 65.8 Å². The lowest BCUT2D eigenvalue weighted by molar-refractivity contribution is -0.304. The second kappa shape index (κ2) is 21.4. The van der Waals surface area contributed by atoms with Crippen LogP contribution in [-0.2, 0) is 47.5 Å². The molecule has 3 aliphatic heterocycles. The minimum Gasteiger partial charge on any atom is -0.459 e. The number of cyclic esters (lactones) is 1. The molecule has 15 heteroatoms. The maximum atomic E-state index is 13.5. The molecule has 310 valence electrons. The average Bonchev–Trinajstić information content (AvgIpc) is 3.12. The van der Waals surface area contributed by atoms with Crippen LogP contribution in [0.1, 0.15) is 67.2 Å². The minimum absolute atomic E-state index is 0.00614. The zero-order chi connectivity index (χ0) is 40.4. The fourth-order valence-corrected chi connectivity index (χ4v) is 7.75. The quantitative estimate of drug-likeness (QED) is 0.173. The summed E-state index contributed by atoms with van der Waals surface area (Å²) < 4.78 is 41.9. The van der Waals surface area contributed by atoms with Crippen LogP contribution < -0.4 is 0 Å². The van der Waals surface area contributed by atoms with Crippen LogP contribution in [0.15, 0.2) is 23.8 Å². The van der Waals surface area contributed by atoms with Crippen LogP contribution in [0.3, 0.4) is 0 Å². The normalized spacial score (nSPS) is 43.6. The molecule has 15 nitrogen and oxygen atoms in total. The molecule has 0 radical (unpaired) electrons. The van der Waals surface area contributed by atoms with Gasteiger partial charge in [0.2, 0.25) is 0 Å². The largest absolute Gasteiger partial charge is 0.459 e. The second-order valence-corrected chi connectivity index (χ2v) is 15.3. The number of carbonyl (C=O) groups is 3. The number of allylic oxidation sites excluding steroid dienone is 3. The van der Waals surface area contributed by atoms with Crippen LogP contribution in [-0.4, -0.2) is 164 Å². The van der Waals surface area contributed by atoms with E-state index in [0.29, 0.717) is 12.0 Å². The maximum absolute atomic E-state index is 13.5. The van der Waals surface area contributed by atoms with Gasteiger partial charge < -0.3 is 63.3 Å². The molecular weight excluding hydrogens is 706 g/mol. The summed E-state index contributed by atoms with van der Waals surface area (Å²) in [6.45, 7) is 10.4. The molecule has 0 aromatic carbocycles. The summed E-state index contributed by atoms with van der Waals surface area (Å²) >= 11 is 0. The van der Waals surface area contributed by atoms with Gasteiger partial charge in [0.1, 0.15) is 49.0 Å². The number of hydrogen-bond acceptors (Lipinski definition) is 15. The number of nitrogens with zero attached hydrogens (tertiary/aromatic N) is 1. The summed E-state index contributed by atoms with van der Waals surface area (Å²) in [6.07, 6.45) is -6.00. The highest BCUT2D eigenvalue weighted by molar-refractivity contribution is 5.91. The number of ether oxygens (including phenoxy) is 7. The van der Waals surface area contributed by atoms with Crippen LogP contribution in [0, 0.1) is 17.8 Å². The third kappa shape index (κ3) is 11.7. The molecular formula is C39H65NO14. The van der Waals surface area contributed by atoms with Crippen molar-refractivity contribution < 1.29 is 68.0 Å². The fourth-order valence-electron chi connectivity index (χ4n) is 7.75. The summed E-state index contributed by atoms with van der Waals surface area (Å²) in [4.78, 5) is 40.7. The highest BCUT2D eigenvalue weighted by Crippen LogP contribution is 2.34. The number of likely N-dealkylation sites (N-methyl/N-ethyl adjacent to an activating group) is 1. The number of esters is 1. The van der Waals surface area contributed by atoms with E-state index in [-0.39, 0.29) is 25.2 Å². The van der Waals surface area contributed by atoms with Gasteiger partial charge in [0.05, 0.1) is 49.6 Å². The van der Waals surface area contributed by atoms with E-state index in [2.05, 4.69) is 0 Å². The fraction of sp³-hybridized carbons (Fsp3) is 0.821. The number of aldehydes is 1. The number of carbonyl (C=O) groups excluding carboxylic acids is 3. The van der Waals surface area contributed by atoms with Crippen molar-refractivity contribution in [1.29, 1.82) is 0 Å². The van der Waals surface area contributed by atoms with Gasteiger partial charge in [-0.1, -0.05) is 32.4 Å². The predicted molar refractivity (Wildman–Crippen MR) is 196 cm³/mol. The Balaban J connectivity index is 1.96. The van der Waals surface area contributed by atoms with Crippen LogP contribution in [0.5, 0.6) is 0 Å². The summed E-state index contributed by atoms with van der Waals surface area (Å²) in [5.41, 5.74) is 0.656. The van der Waals surface area contributed by atoms with Gasteiger partial charge in [-0.3, -0.25) is 9.59 Å². The van der Waals surface area contributed by atoms with Crippen molar-refractivity contribution in [3.63, 3.8) is 0 Å². The van der Waals surface area contributed by atoms with Gasteiger partial charge in [-0.25, -0.2) is 0 Å². The third-order valence-electron chi connectivity index (χ3n) is 11.1. The number of rotatable bonds is 11. The molecule has 0 spiro atoms. The Morgan fingerprint density at radius 3 is 2.13 bits per heavy atom. The van der Waals surface area contributed by atoms with E-state index < -0.39 is 116 Å². The van der Waals surface area contributed by atoms with Crippen LogP contribution in [0.25, 0.3) is 0 Å². The Hall–Kier alpha value is -2.15. The van der Waals surface area contributed by atoms with Crippen LogP contribution >= 0.6 is 0 Å². The lowest BCUT2D eigenvalue weighted by Gasteiger charge is -2.46. The Morgan fingerprint density at radius 1 is 0.889 bits per heavy atom. The summed E-state index contributed by atoms with van der Waals surface area (Å²) in [5.74, 6) is -2.90. The topological polar surface area (TPSA) is 200 Å². The first kappa shape index (κ1) is 46.2. The van der Waals surface area contributed by atoms with Gasteiger partial charge in [-0.2, -0.15) is 0 Å². The molecule has 2 fully saturated rings. The number of aliphatic hydroxyl groups is 4. The molecule has 0 unspecified atom stereocenters. The molecule has 3 heterocycles. The van der Waals surface area contributed by atoms with E-state index in [1.807, 2.05) is 6.92 Å². The molecule has 0 saturated carbocycles. The number of methoxy groups -OCH3 is 2. The van der Waals surface area contributed by atoms with Crippen molar-refractivity contribution >= 4 is 18.0 Å². The monoisotopic (exact) mass is 771 g/mol. The van der Waals surface area contributed by atoms with E-state index in [9.17, 15) is 34.8 Å². The van der Waals surface area contributed by atoms with Crippen molar-refractivity contribution in [3.8, 4) is 0 Å². The SMILES string of the molecule is CC[C@@H]1OC(=O)C[C@H](O)[C@H](C)[C@H](O[C@@H]2O[C@H](C)[C@H](O)[C@H](N(C)C)[C@@H]2O)[C@H](CC=O)C[C@H](C)C(=O)/C=C\C(C)=C/[C@@H]1OC[C@@H]1O[C@H](C)[C@H](O)[C@H](OC)[C@H]1OC. The van der Waals surface area contributed by atoms with Crippen molar-refractivity contribution in [2.45, 2.75) is 153 Å². The number of hydrogen-bond donors (Lipinski definition) is 4. The van der Waals surface area contributed by atoms with Gasteiger partial charge in [0.25, 0.3) is 0 Å². The van der Waals surface area contributed by atoms with Crippen LogP contribution in [0.4, 0.5) is 0 Å². The lowest BCUT2D eigenvalue weighted by atomic mass is 9.79. The molecule has 0 aromatic heterocycles. The molecule has 54 heavy (non-hydrogen) atoms. The summed E-state index contributed by atoms with van der Waals surface area (Å²) in [5, 5.41) is 44.2. The van der Waals surface area contributed by atoms with E-state index >= 15 is 0 Å². The van der Waals surface area contributed by atoms with E-state index in [0.717, 1.165) is 6.29 Å². The van der Waals surface area contributed by atoms with Crippen molar-refractivity contribution in [2.75, 3.05) is 34.9 Å². The van der Waals surface area contributed by atoms with Crippen molar-refractivity contribution in [2.24, 2.45) is 17.8 Å². The molecule has 0 aromatic rings. The molecule has 4 N–H and O–H groups in total. The molecule has 3 aliphatic rings. The maximum Gasteiger partial charge on any atom is 0.308 e. The first-order chi connectivity index (χ1) is 25.5. The zero-order valence-electron chi connectivity index (χ0n) is 33.5. The molecule has 2 saturated heterocycles. The summed E-state index contributed by atoms with van der Waals surface area (Å²) in [6, 6.07) is -0.741. The second-order valence-electron chi connectivity index (χ2n) is 15.3. The smallest absolute Gasteiger partial charge is 0.308 e. The standard InChI is InChI=1S/C39H65NO14/c1-11-28-29(50-19-30-37(48-9)38(49-10)34(46)24(6)51-30)16-20(2)12-13-26(42)21(3)17-25(14-15-41)36(22(4)27(43)18-31(44)53-28)54-39-35(47)32(40(7)8)33(45)23(5)52-39/h12-13,15-16,21-25,27-30,32-39,43,45-47H,11,14,17-19H2,1-10H3/b13-12-,20-16-/t21-,22-,23+,24+,25+,27-,28-,29-,30-,32-,33-,34-,35-,36-,37-,38-,39-/m0/s1. The highest BCUT2D eigenvalue weighted by atomic mass is 16.7. The summed E-state index contributed by atoms with van der Waals surface area (Å²) in [7, 11) is 6.40. The van der Waals surface area contributed by atoms with E-state index in [1.165, 1.54) is 20.3 Å². The zero-order valence-corrected chi connectivity index (χ0v) is 33.5. The highest BCUT2D eigenvalue weighted by Gasteiger charge is 2.48. The van der Waals surface area contributed by atoms with Crippen molar-refractivity contribution in [1.82, 2.24) is 4.90 Å². The Kier molecular flexibility index (Phi) is 18.3. The van der Waals surface area contributed by atoms with Gasteiger partial charge in [-0.05, 0) is 65.8 Å². The van der Waals surface area contributed by atoms with Crippen LogP contribution in [0.2, 0.25) is 0 Å². The van der Waals surface area contributed by atoms with Crippen molar-refractivity contribution in [3.05, 3.63) is 23.8 Å². The predicted octanol–water partition coefficient (Wildman–Crippen LogP) is 1.36.